The second kappa shape index (κ2) is 7.46. The van der Waals surface area contributed by atoms with Crippen LogP contribution in [0, 0.1) is 0 Å². The topological polar surface area (TPSA) is 39.2 Å². The molecule has 1 aromatic carbocycles. The molecule has 0 aliphatic carbocycles. The predicted octanol–water partition coefficient (Wildman–Crippen LogP) is 4.80. The summed E-state index contributed by atoms with van der Waals surface area (Å²) in [6, 6.07) is 10.3. The second-order valence-corrected chi connectivity index (χ2v) is 5.29. The number of ether oxygens (including phenoxy) is 1. The Balaban J connectivity index is 1.94. The number of pyridine rings is 1. The first-order chi connectivity index (χ1) is 10.0. The molecule has 1 heterocycles. The number of carbonyl (C=O) groups is 1. The van der Waals surface area contributed by atoms with Gasteiger partial charge in [0.15, 0.2) is 0 Å². The third kappa shape index (κ3) is 5.05. The van der Waals surface area contributed by atoms with Gasteiger partial charge in [-0.05, 0) is 35.9 Å². The van der Waals surface area contributed by atoms with Gasteiger partial charge in [0.1, 0.15) is 11.8 Å². The van der Waals surface area contributed by atoms with Crippen LogP contribution in [0.15, 0.2) is 42.5 Å². The van der Waals surface area contributed by atoms with Crippen LogP contribution in [-0.4, -0.2) is 11.0 Å². The minimum atomic E-state index is -0.507. The van der Waals surface area contributed by atoms with Gasteiger partial charge in [-0.2, -0.15) is 0 Å². The molecule has 0 atom stereocenters. The summed E-state index contributed by atoms with van der Waals surface area (Å²) >= 11 is 17.5. The Morgan fingerprint density at radius 3 is 2.76 bits per heavy atom. The molecule has 21 heavy (non-hydrogen) atoms. The summed E-state index contributed by atoms with van der Waals surface area (Å²) in [4.78, 5) is 15.6. The Morgan fingerprint density at radius 2 is 2.00 bits per heavy atom. The van der Waals surface area contributed by atoms with Gasteiger partial charge >= 0.3 is 5.97 Å². The van der Waals surface area contributed by atoms with Crippen LogP contribution in [0.1, 0.15) is 11.3 Å². The highest BCUT2D eigenvalue weighted by molar-refractivity contribution is 6.32. The molecule has 0 unspecified atom stereocenters. The first kappa shape index (κ1) is 15.8. The van der Waals surface area contributed by atoms with Gasteiger partial charge in [-0.1, -0.05) is 46.9 Å². The number of carbonyl (C=O) groups excluding carboxylic acids is 1. The molecular formula is C15H10Cl3NO2. The number of nitrogens with zero attached hydrogens (tertiary/aromatic N) is 1. The number of hydrogen-bond donors (Lipinski definition) is 0. The van der Waals surface area contributed by atoms with Crippen LogP contribution < -0.4 is 0 Å². The summed E-state index contributed by atoms with van der Waals surface area (Å²) in [6.07, 6.45) is 2.92. The number of aromatic nitrogens is 1. The van der Waals surface area contributed by atoms with E-state index in [1.165, 1.54) is 6.08 Å². The van der Waals surface area contributed by atoms with Crippen LogP contribution in [-0.2, 0) is 16.1 Å². The van der Waals surface area contributed by atoms with Crippen molar-refractivity contribution in [1.82, 2.24) is 4.98 Å². The monoisotopic (exact) mass is 341 g/mol. The highest BCUT2D eigenvalue weighted by Gasteiger charge is 2.06. The quantitative estimate of drug-likeness (QED) is 0.455. The van der Waals surface area contributed by atoms with Gasteiger partial charge in [0.2, 0.25) is 0 Å². The van der Waals surface area contributed by atoms with E-state index in [0.29, 0.717) is 20.9 Å². The molecule has 0 bridgehead atoms. The zero-order valence-electron chi connectivity index (χ0n) is 10.7. The van der Waals surface area contributed by atoms with Crippen LogP contribution in [0.5, 0.6) is 0 Å². The standard InChI is InChI=1S/C15H10Cl3NO2/c16-11-3-1-2-10(8-11)4-7-15(20)21-9-13-12(17)5-6-14(18)19-13/h1-8H,9H2/b7-4+. The second-order valence-electron chi connectivity index (χ2n) is 4.06. The number of rotatable bonds is 4. The summed E-state index contributed by atoms with van der Waals surface area (Å²) < 4.78 is 5.05. The summed E-state index contributed by atoms with van der Waals surface area (Å²) in [6.45, 7) is -0.0435. The average molecular weight is 343 g/mol. The van der Waals surface area contributed by atoms with Gasteiger partial charge in [0, 0.05) is 11.1 Å². The van der Waals surface area contributed by atoms with Crippen molar-refractivity contribution >= 4 is 46.8 Å². The molecule has 0 fully saturated rings. The number of halogens is 3. The highest BCUT2D eigenvalue weighted by atomic mass is 35.5. The zero-order chi connectivity index (χ0) is 15.2. The fourth-order valence-electron chi connectivity index (χ4n) is 1.52. The van der Waals surface area contributed by atoms with Crippen molar-refractivity contribution in [2.75, 3.05) is 0 Å². The van der Waals surface area contributed by atoms with Gasteiger partial charge in [-0.15, -0.1) is 0 Å². The Labute approximate surface area is 137 Å². The third-order valence-corrected chi connectivity index (χ3v) is 3.29. The van der Waals surface area contributed by atoms with Gasteiger partial charge in [-0.3, -0.25) is 0 Å². The maximum absolute atomic E-state index is 11.6. The first-order valence-electron chi connectivity index (χ1n) is 5.96. The molecule has 2 aromatic rings. The van der Waals surface area contributed by atoms with Crippen molar-refractivity contribution < 1.29 is 9.53 Å². The lowest BCUT2D eigenvalue weighted by atomic mass is 10.2. The fourth-order valence-corrected chi connectivity index (χ4v) is 2.04. The lowest BCUT2D eigenvalue weighted by Gasteiger charge is -2.04. The molecule has 0 N–H and O–H groups in total. The summed E-state index contributed by atoms with van der Waals surface area (Å²) in [7, 11) is 0. The Kier molecular flexibility index (Phi) is 5.62. The smallest absolute Gasteiger partial charge is 0.331 e. The van der Waals surface area contributed by atoms with Crippen LogP contribution in [0.3, 0.4) is 0 Å². The van der Waals surface area contributed by atoms with E-state index >= 15 is 0 Å². The molecule has 0 aliphatic heterocycles. The summed E-state index contributed by atoms with van der Waals surface area (Å²) in [5, 5.41) is 1.28. The van der Waals surface area contributed by atoms with E-state index in [9.17, 15) is 4.79 Å². The van der Waals surface area contributed by atoms with Gasteiger partial charge in [0.05, 0.1) is 10.7 Å². The summed E-state index contributed by atoms with van der Waals surface area (Å²) in [5.74, 6) is -0.507. The van der Waals surface area contributed by atoms with Gasteiger partial charge in [0.25, 0.3) is 0 Å². The van der Waals surface area contributed by atoms with Gasteiger partial charge in [-0.25, -0.2) is 9.78 Å². The molecule has 6 heteroatoms. The Morgan fingerprint density at radius 1 is 1.19 bits per heavy atom. The van der Waals surface area contributed by atoms with Crippen molar-refractivity contribution in [3.8, 4) is 0 Å². The predicted molar refractivity (Wildman–Crippen MR) is 84.5 cm³/mol. The number of benzene rings is 1. The average Bonchev–Trinajstić information content (AvgIpc) is 2.46. The van der Waals surface area contributed by atoms with Crippen molar-refractivity contribution in [2.45, 2.75) is 6.61 Å². The molecule has 108 valence electrons. The molecule has 0 saturated carbocycles. The lowest BCUT2D eigenvalue weighted by Crippen LogP contribution is -2.03. The van der Waals surface area contributed by atoms with Crippen molar-refractivity contribution in [1.29, 1.82) is 0 Å². The van der Waals surface area contributed by atoms with Crippen molar-refractivity contribution in [3.05, 3.63) is 68.9 Å². The van der Waals surface area contributed by atoms with Crippen LogP contribution in [0.25, 0.3) is 6.08 Å². The molecular weight excluding hydrogens is 333 g/mol. The zero-order valence-corrected chi connectivity index (χ0v) is 13.0. The van der Waals surface area contributed by atoms with E-state index in [1.54, 1.807) is 36.4 Å². The normalized spacial score (nSPS) is 10.8. The Bertz CT molecular complexity index is 686. The van der Waals surface area contributed by atoms with Gasteiger partial charge < -0.3 is 4.74 Å². The van der Waals surface area contributed by atoms with E-state index in [-0.39, 0.29) is 6.61 Å². The van der Waals surface area contributed by atoms with Crippen LogP contribution in [0.4, 0.5) is 0 Å². The van der Waals surface area contributed by atoms with Crippen molar-refractivity contribution in [2.24, 2.45) is 0 Å². The SMILES string of the molecule is O=C(/C=C/c1cccc(Cl)c1)OCc1nc(Cl)ccc1Cl. The Hall–Kier alpha value is -1.55. The van der Waals surface area contributed by atoms with E-state index in [4.69, 9.17) is 39.5 Å². The van der Waals surface area contributed by atoms with E-state index < -0.39 is 5.97 Å². The molecule has 0 aliphatic rings. The van der Waals surface area contributed by atoms with E-state index in [2.05, 4.69) is 4.98 Å². The maximum atomic E-state index is 11.6. The molecule has 0 amide bonds. The lowest BCUT2D eigenvalue weighted by molar-refractivity contribution is -0.139. The number of esters is 1. The van der Waals surface area contributed by atoms with E-state index in [0.717, 1.165) is 5.56 Å². The molecule has 0 radical (unpaired) electrons. The number of hydrogen-bond acceptors (Lipinski definition) is 3. The third-order valence-electron chi connectivity index (χ3n) is 2.50. The maximum Gasteiger partial charge on any atom is 0.331 e. The fraction of sp³-hybridized carbons (Fsp3) is 0.0667. The molecule has 0 saturated heterocycles. The summed E-state index contributed by atoms with van der Waals surface area (Å²) in [5.41, 5.74) is 1.21. The minimum absolute atomic E-state index is 0.0435. The van der Waals surface area contributed by atoms with Crippen molar-refractivity contribution in [3.63, 3.8) is 0 Å². The first-order valence-corrected chi connectivity index (χ1v) is 7.09. The van der Waals surface area contributed by atoms with Crippen LogP contribution >= 0.6 is 34.8 Å². The highest BCUT2D eigenvalue weighted by Crippen LogP contribution is 2.17. The molecule has 1 aromatic heterocycles. The van der Waals surface area contributed by atoms with E-state index in [1.807, 2.05) is 6.07 Å². The molecule has 3 nitrogen and oxygen atoms in total. The molecule has 0 spiro atoms. The van der Waals surface area contributed by atoms with Crippen LogP contribution in [0.2, 0.25) is 15.2 Å². The largest absolute Gasteiger partial charge is 0.456 e. The molecule has 2 rings (SSSR count). The minimum Gasteiger partial charge on any atom is -0.456 e.